The lowest BCUT2D eigenvalue weighted by atomic mass is 10.1. The fourth-order valence-corrected chi connectivity index (χ4v) is 1.97. The molecular formula is C16H15F2NO. The van der Waals surface area contributed by atoms with Crippen molar-refractivity contribution < 1.29 is 13.6 Å². The number of carbonyl (C=O) groups is 1. The third-order valence-corrected chi connectivity index (χ3v) is 3.08. The van der Waals surface area contributed by atoms with Gasteiger partial charge in [0.2, 0.25) is 0 Å². The standard InChI is InChI=1S/C16H15F2NO/c1-10-6-7-12(8-14(10)18)9-19-15-5-3-4-13(17)16(15)11(2)20/h3-8,19H,9H2,1-2H3. The molecule has 0 aliphatic carbocycles. The predicted octanol–water partition coefficient (Wildman–Crippen LogP) is 4.09. The summed E-state index contributed by atoms with van der Waals surface area (Å²) in [5.74, 6) is -1.19. The lowest BCUT2D eigenvalue weighted by molar-refractivity contribution is 0.101. The summed E-state index contributed by atoms with van der Waals surface area (Å²) in [6.07, 6.45) is 0. The number of ketones is 1. The number of rotatable bonds is 4. The molecule has 4 heteroatoms. The summed E-state index contributed by atoms with van der Waals surface area (Å²) in [4.78, 5) is 11.5. The summed E-state index contributed by atoms with van der Waals surface area (Å²) in [5, 5.41) is 2.97. The molecule has 0 unspecified atom stereocenters. The van der Waals surface area contributed by atoms with E-state index >= 15 is 0 Å². The van der Waals surface area contributed by atoms with Crippen LogP contribution in [0.5, 0.6) is 0 Å². The minimum Gasteiger partial charge on any atom is -0.380 e. The van der Waals surface area contributed by atoms with E-state index in [2.05, 4.69) is 5.32 Å². The van der Waals surface area contributed by atoms with Crippen LogP contribution in [0.3, 0.4) is 0 Å². The molecule has 0 atom stereocenters. The van der Waals surface area contributed by atoms with E-state index in [9.17, 15) is 13.6 Å². The van der Waals surface area contributed by atoms with E-state index in [0.29, 0.717) is 17.8 Å². The highest BCUT2D eigenvalue weighted by Gasteiger charge is 2.12. The van der Waals surface area contributed by atoms with Crippen molar-refractivity contribution in [3.05, 3.63) is 64.7 Å². The monoisotopic (exact) mass is 275 g/mol. The van der Waals surface area contributed by atoms with Crippen molar-refractivity contribution in [3.8, 4) is 0 Å². The van der Waals surface area contributed by atoms with Crippen molar-refractivity contribution in [2.24, 2.45) is 0 Å². The van der Waals surface area contributed by atoms with E-state index in [4.69, 9.17) is 0 Å². The number of halogens is 2. The fourth-order valence-electron chi connectivity index (χ4n) is 1.97. The number of hydrogen-bond donors (Lipinski definition) is 1. The highest BCUT2D eigenvalue weighted by molar-refractivity contribution is 5.99. The van der Waals surface area contributed by atoms with Crippen LogP contribution < -0.4 is 5.32 Å². The molecule has 0 aromatic heterocycles. The lowest BCUT2D eigenvalue weighted by Gasteiger charge is -2.11. The Hall–Kier alpha value is -2.23. The maximum atomic E-state index is 13.6. The predicted molar refractivity (Wildman–Crippen MR) is 74.9 cm³/mol. The molecule has 0 amide bonds. The van der Waals surface area contributed by atoms with Crippen LogP contribution in [0.15, 0.2) is 36.4 Å². The topological polar surface area (TPSA) is 29.1 Å². The van der Waals surface area contributed by atoms with Crippen LogP contribution >= 0.6 is 0 Å². The van der Waals surface area contributed by atoms with E-state index in [-0.39, 0.29) is 17.2 Å². The molecule has 0 aliphatic rings. The number of Topliss-reactive ketones (excluding diaryl/α,β-unsaturated/α-hetero) is 1. The fraction of sp³-hybridized carbons (Fsp3) is 0.188. The molecule has 2 nitrogen and oxygen atoms in total. The van der Waals surface area contributed by atoms with Crippen molar-refractivity contribution in [1.29, 1.82) is 0 Å². The number of aryl methyl sites for hydroxylation is 1. The second-order valence-electron chi connectivity index (χ2n) is 4.66. The third-order valence-electron chi connectivity index (χ3n) is 3.08. The van der Waals surface area contributed by atoms with E-state index in [1.807, 2.05) is 0 Å². The molecule has 0 spiro atoms. The molecule has 0 heterocycles. The molecule has 2 rings (SSSR count). The Bertz CT molecular complexity index is 653. The van der Waals surface area contributed by atoms with Crippen molar-refractivity contribution >= 4 is 11.5 Å². The van der Waals surface area contributed by atoms with Gasteiger partial charge in [-0.05, 0) is 43.2 Å². The molecule has 104 valence electrons. The molecule has 0 aliphatic heterocycles. The second kappa shape index (κ2) is 5.82. The summed E-state index contributed by atoms with van der Waals surface area (Å²) >= 11 is 0. The van der Waals surface area contributed by atoms with Crippen molar-refractivity contribution in [1.82, 2.24) is 0 Å². The van der Waals surface area contributed by atoms with Gasteiger partial charge in [0.25, 0.3) is 0 Å². The van der Waals surface area contributed by atoms with Gasteiger partial charge in [-0.15, -0.1) is 0 Å². The normalized spacial score (nSPS) is 10.4. The first-order valence-corrected chi connectivity index (χ1v) is 6.27. The molecular weight excluding hydrogens is 260 g/mol. The number of benzene rings is 2. The number of hydrogen-bond acceptors (Lipinski definition) is 2. The highest BCUT2D eigenvalue weighted by Crippen LogP contribution is 2.20. The summed E-state index contributed by atoms with van der Waals surface area (Å²) in [7, 11) is 0. The van der Waals surface area contributed by atoms with E-state index < -0.39 is 5.82 Å². The largest absolute Gasteiger partial charge is 0.380 e. The Morgan fingerprint density at radius 1 is 1.15 bits per heavy atom. The van der Waals surface area contributed by atoms with Gasteiger partial charge in [0, 0.05) is 12.2 Å². The molecule has 0 fully saturated rings. The third kappa shape index (κ3) is 3.02. The summed E-state index contributed by atoms with van der Waals surface area (Å²) < 4.78 is 27.1. The zero-order chi connectivity index (χ0) is 14.7. The molecule has 0 saturated heterocycles. The van der Waals surface area contributed by atoms with Gasteiger partial charge in [-0.2, -0.15) is 0 Å². The van der Waals surface area contributed by atoms with Crippen LogP contribution in [0.4, 0.5) is 14.5 Å². The van der Waals surface area contributed by atoms with Crippen LogP contribution in [-0.4, -0.2) is 5.78 Å². The molecule has 0 saturated carbocycles. The van der Waals surface area contributed by atoms with Crippen molar-refractivity contribution in [2.75, 3.05) is 5.32 Å². The van der Waals surface area contributed by atoms with Crippen LogP contribution in [-0.2, 0) is 6.54 Å². The van der Waals surface area contributed by atoms with Gasteiger partial charge in [0.05, 0.1) is 5.56 Å². The van der Waals surface area contributed by atoms with E-state index in [0.717, 1.165) is 5.56 Å². The molecule has 20 heavy (non-hydrogen) atoms. The van der Waals surface area contributed by atoms with Crippen LogP contribution in [0.1, 0.15) is 28.4 Å². The average molecular weight is 275 g/mol. The van der Waals surface area contributed by atoms with Gasteiger partial charge in [-0.3, -0.25) is 4.79 Å². The molecule has 0 bridgehead atoms. The number of carbonyl (C=O) groups excluding carboxylic acids is 1. The Labute approximate surface area is 116 Å². The molecule has 2 aromatic rings. The summed E-state index contributed by atoms with van der Waals surface area (Å²) in [6.45, 7) is 3.32. The lowest BCUT2D eigenvalue weighted by Crippen LogP contribution is -2.07. The van der Waals surface area contributed by atoms with Gasteiger partial charge < -0.3 is 5.32 Å². The molecule has 0 radical (unpaired) electrons. The summed E-state index contributed by atoms with van der Waals surface area (Å²) in [6, 6.07) is 9.30. The smallest absolute Gasteiger partial charge is 0.164 e. The first-order valence-electron chi connectivity index (χ1n) is 6.27. The van der Waals surface area contributed by atoms with Gasteiger partial charge in [0.1, 0.15) is 11.6 Å². The SMILES string of the molecule is CC(=O)c1c(F)cccc1NCc1ccc(C)c(F)c1. The zero-order valence-electron chi connectivity index (χ0n) is 11.3. The minimum atomic E-state index is -0.558. The second-order valence-corrected chi connectivity index (χ2v) is 4.66. The van der Waals surface area contributed by atoms with Gasteiger partial charge >= 0.3 is 0 Å². The van der Waals surface area contributed by atoms with Crippen molar-refractivity contribution in [3.63, 3.8) is 0 Å². The van der Waals surface area contributed by atoms with Crippen LogP contribution in [0.2, 0.25) is 0 Å². The van der Waals surface area contributed by atoms with Gasteiger partial charge in [0.15, 0.2) is 5.78 Å². The molecule has 2 aromatic carbocycles. The Kier molecular flexibility index (Phi) is 4.13. The molecule has 1 N–H and O–H groups in total. The average Bonchev–Trinajstić information content (AvgIpc) is 2.39. The van der Waals surface area contributed by atoms with Gasteiger partial charge in [-0.25, -0.2) is 8.78 Å². The van der Waals surface area contributed by atoms with Gasteiger partial charge in [-0.1, -0.05) is 18.2 Å². The van der Waals surface area contributed by atoms with E-state index in [1.54, 1.807) is 25.1 Å². The maximum absolute atomic E-state index is 13.6. The zero-order valence-corrected chi connectivity index (χ0v) is 11.3. The quantitative estimate of drug-likeness (QED) is 0.851. The first kappa shape index (κ1) is 14.2. The Morgan fingerprint density at radius 3 is 2.55 bits per heavy atom. The van der Waals surface area contributed by atoms with Crippen molar-refractivity contribution in [2.45, 2.75) is 20.4 Å². The number of anilines is 1. The first-order chi connectivity index (χ1) is 9.49. The Balaban J connectivity index is 2.21. The maximum Gasteiger partial charge on any atom is 0.164 e. The van der Waals surface area contributed by atoms with Crippen LogP contribution in [0, 0.1) is 18.6 Å². The van der Waals surface area contributed by atoms with E-state index in [1.165, 1.54) is 25.1 Å². The Morgan fingerprint density at radius 2 is 1.90 bits per heavy atom. The summed E-state index contributed by atoms with van der Waals surface area (Å²) in [5.41, 5.74) is 1.74. The minimum absolute atomic E-state index is 0.0279. The highest BCUT2D eigenvalue weighted by atomic mass is 19.1. The van der Waals surface area contributed by atoms with Crippen LogP contribution in [0.25, 0.3) is 0 Å². The number of nitrogens with one attached hydrogen (secondary N) is 1.